The largest absolute Gasteiger partial charge is 0.480 e. The molecule has 2 fully saturated rings. The second-order valence-electron chi connectivity index (χ2n) is 7.00. The molecule has 7 N–H and O–H groups in total. The molecular weight excluding hydrogens is 412 g/mol. The number of halogens is 1. The van der Waals surface area contributed by atoms with Crippen LogP contribution in [0.25, 0.3) is 11.2 Å². The highest BCUT2D eigenvalue weighted by Crippen LogP contribution is 2.62. The minimum Gasteiger partial charge on any atom is -0.480 e. The first-order chi connectivity index (χ1) is 13.5. The van der Waals surface area contributed by atoms with E-state index in [1.54, 1.807) is 0 Å². The van der Waals surface area contributed by atoms with Crippen molar-refractivity contribution in [3.63, 3.8) is 0 Å². The highest BCUT2D eigenvalue weighted by molar-refractivity contribution is 7.58. The van der Waals surface area contributed by atoms with E-state index < -0.39 is 44.2 Å². The monoisotopic (exact) mass is 432 g/mol. The molecule has 0 amide bonds. The van der Waals surface area contributed by atoms with Crippen molar-refractivity contribution < 1.29 is 33.0 Å². The summed E-state index contributed by atoms with van der Waals surface area (Å²) in [6, 6.07) is -1.17. The maximum absolute atomic E-state index is 15.8. The van der Waals surface area contributed by atoms with Crippen LogP contribution >= 0.6 is 8.09 Å². The summed E-state index contributed by atoms with van der Waals surface area (Å²) in [6.07, 6.45) is -2.07. The first-order valence-corrected chi connectivity index (χ1v) is 10.1. The molecule has 1 radical (unpaired) electrons. The number of aliphatic carboxylic acids is 1. The lowest BCUT2D eigenvalue weighted by Gasteiger charge is -2.41. The molecule has 13 nitrogen and oxygen atoms in total. The van der Waals surface area contributed by atoms with Crippen molar-refractivity contribution in [2.45, 2.75) is 44.0 Å². The minimum atomic E-state index is -3.83. The Bertz CT molecular complexity index is 975. The van der Waals surface area contributed by atoms with Gasteiger partial charge < -0.3 is 30.7 Å². The smallest absolute Gasteiger partial charge is 0.320 e. The van der Waals surface area contributed by atoms with Gasteiger partial charge in [0.15, 0.2) is 23.4 Å². The van der Waals surface area contributed by atoms with Crippen LogP contribution in [0.5, 0.6) is 0 Å². The number of aromatic nitrogens is 4. The van der Waals surface area contributed by atoms with Crippen molar-refractivity contribution in [3.8, 4) is 0 Å². The number of alkyl halides is 1. The fourth-order valence-corrected chi connectivity index (χ4v) is 5.16. The number of imidazole rings is 1. The molecule has 0 bridgehead atoms. The van der Waals surface area contributed by atoms with Gasteiger partial charge in [-0.15, -0.1) is 0 Å². The Hall–Kier alpha value is -2.22. The van der Waals surface area contributed by atoms with E-state index in [1.165, 1.54) is 24.7 Å². The summed E-state index contributed by atoms with van der Waals surface area (Å²) < 4.78 is 33.7. The molecule has 2 aromatic rings. The standard InChI is InChI=1S/C14H20FN7O6P/c1-5(11(23)24)21-29(25)26-3-6-8(28-29)14(2,15)12(27-6)22-4-18-7-9(16)19-13(17)20-10(7)22/h4-6,8,12,21,25H,3H2,1-2H3,(H,23,24)(H4,16,17,19,20)/t5?,6-,8-,12-,14-/m1/s1. The lowest BCUT2D eigenvalue weighted by atomic mass is 9.98. The van der Waals surface area contributed by atoms with Crippen molar-refractivity contribution in [2.24, 2.45) is 0 Å². The average Bonchev–Trinajstić information content (AvgIpc) is 3.13. The number of anilines is 2. The van der Waals surface area contributed by atoms with Crippen LogP contribution in [-0.4, -0.2) is 66.0 Å². The highest BCUT2D eigenvalue weighted by atomic mass is 31.2. The zero-order valence-corrected chi connectivity index (χ0v) is 16.3. The third kappa shape index (κ3) is 3.27. The van der Waals surface area contributed by atoms with E-state index in [0.29, 0.717) is 0 Å². The molecule has 2 aliphatic heterocycles. The van der Waals surface area contributed by atoms with Crippen LogP contribution in [0.15, 0.2) is 6.33 Å². The minimum absolute atomic E-state index is 0.0361. The number of carboxylic acid groups (broad SMARTS) is 1. The zero-order chi connectivity index (χ0) is 21.1. The van der Waals surface area contributed by atoms with Gasteiger partial charge >= 0.3 is 14.1 Å². The number of fused-ring (bicyclic) bond motifs is 2. The van der Waals surface area contributed by atoms with Gasteiger partial charge in [0.1, 0.15) is 23.8 Å². The number of nitrogens with two attached hydrogens (primary N) is 2. The van der Waals surface area contributed by atoms with Crippen LogP contribution < -0.4 is 16.6 Å². The molecular formula is C14H20FN7O6P. The molecule has 2 aliphatic rings. The van der Waals surface area contributed by atoms with Gasteiger partial charge in [-0.2, -0.15) is 9.97 Å². The molecule has 15 heteroatoms. The van der Waals surface area contributed by atoms with Gasteiger partial charge in [-0.3, -0.25) is 13.9 Å². The Labute approximate surface area is 163 Å². The third-order valence-electron chi connectivity index (χ3n) is 4.80. The summed E-state index contributed by atoms with van der Waals surface area (Å²) in [5, 5.41) is 11.4. The van der Waals surface area contributed by atoms with Crippen LogP contribution in [0.1, 0.15) is 20.1 Å². The number of nitrogens with zero attached hydrogens (tertiary/aromatic N) is 4. The van der Waals surface area contributed by atoms with Crippen molar-refractivity contribution in [2.75, 3.05) is 18.1 Å². The zero-order valence-electron chi connectivity index (χ0n) is 15.4. The van der Waals surface area contributed by atoms with Crippen molar-refractivity contribution in [3.05, 3.63) is 6.33 Å². The predicted molar refractivity (Wildman–Crippen MR) is 97.8 cm³/mol. The lowest BCUT2D eigenvalue weighted by Crippen LogP contribution is -2.48. The normalized spacial score (nSPS) is 35.5. The van der Waals surface area contributed by atoms with Crippen molar-refractivity contribution in [1.29, 1.82) is 0 Å². The number of nitrogens with one attached hydrogen (secondary N) is 1. The molecule has 2 saturated heterocycles. The SMILES string of the molecule is CC(N[P@@]1(O)OC[C@H]2O[C@@H](n3cnc4c(N)nc(N)nc43)[C@](C)(F)[C@@H]2O1)C(=O)O. The number of ether oxygens (including phenoxy) is 1. The van der Waals surface area contributed by atoms with Crippen molar-refractivity contribution in [1.82, 2.24) is 24.6 Å². The number of carbonyl (C=O) groups is 1. The van der Waals surface area contributed by atoms with Gasteiger partial charge in [0.25, 0.3) is 0 Å². The van der Waals surface area contributed by atoms with Gasteiger partial charge in [-0.05, 0) is 13.8 Å². The highest BCUT2D eigenvalue weighted by Gasteiger charge is 2.61. The van der Waals surface area contributed by atoms with E-state index >= 15 is 4.39 Å². The molecule has 0 aliphatic carbocycles. The van der Waals surface area contributed by atoms with Gasteiger partial charge in [0.2, 0.25) is 5.95 Å². The third-order valence-corrected chi connectivity index (χ3v) is 6.52. The molecule has 4 rings (SSSR count). The lowest BCUT2D eigenvalue weighted by molar-refractivity contribution is -0.139. The van der Waals surface area contributed by atoms with Crippen LogP contribution in [0.2, 0.25) is 0 Å². The maximum Gasteiger partial charge on any atom is 0.320 e. The Kier molecular flexibility index (Phi) is 4.60. The number of nitrogen functional groups attached to an aromatic ring is 2. The Morgan fingerprint density at radius 3 is 2.93 bits per heavy atom. The van der Waals surface area contributed by atoms with Crippen LogP contribution in [0.4, 0.5) is 16.2 Å². The van der Waals surface area contributed by atoms with E-state index in [0.717, 1.165) is 0 Å². The quantitative estimate of drug-likeness (QED) is 0.399. The van der Waals surface area contributed by atoms with Crippen LogP contribution in [0.3, 0.4) is 0 Å². The Balaban J connectivity index is 1.65. The number of carboxylic acids is 1. The first-order valence-electron chi connectivity index (χ1n) is 8.57. The Morgan fingerprint density at radius 1 is 1.52 bits per heavy atom. The summed E-state index contributed by atoms with van der Waals surface area (Å²) in [6.45, 7) is 2.32. The first kappa shape index (κ1) is 20.1. The van der Waals surface area contributed by atoms with Crippen molar-refractivity contribution >= 4 is 37.0 Å². The fraction of sp³-hybridized carbons (Fsp3) is 0.571. The number of hydrogen-bond acceptors (Lipinski definition) is 11. The van der Waals surface area contributed by atoms with Gasteiger partial charge in [0, 0.05) is 0 Å². The topological polar surface area (TPSA) is 193 Å². The van der Waals surface area contributed by atoms with Gasteiger partial charge in [-0.1, -0.05) is 0 Å². The Morgan fingerprint density at radius 2 is 2.24 bits per heavy atom. The summed E-state index contributed by atoms with van der Waals surface area (Å²) >= 11 is 0. The van der Waals surface area contributed by atoms with Gasteiger partial charge in [-0.25, -0.2) is 14.5 Å². The number of hydrogen-bond donors (Lipinski definition) is 5. The second-order valence-corrected chi connectivity index (χ2v) is 8.77. The van der Waals surface area contributed by atoms with E-state index in [1.807, 2.05) is 0 Å². The summed E-state index contributed by atoms with van der Waals surface area (Å²) in [5.41, 5.74) is 9.66. The molecule has 29 heavy (non-hydrogen) atoms. The molecule has 0 saturated carbocycles. The molecule has 1 unspecified atom stereocenters. The maximum atomic E-state index is 15.8. The average molecular weight is 432 g/mol. The molecule has 2 aromatic heterocycles. The molecule has 4 heterocycles. The number of rotatable bonds is 4. The summed E-state index contributed by atoms with van der Waals surface area (Å²) in [7, 11) is -3.83. The molecule has 0 spiro atoms. The van der Waals surface area contributed by atoms with Gasteiger partial charge in [0.05, 0.1) is 12.9 Å². The second kappa shape index (κ2) is 6.65. The molecule has 159 valence electrons. The van der Waals surface area contributed by atoms with Crippen LogP contribution in [0, 0.1) is 0 Å². The van der Waals surface area contributed by atoms with Crippen LogP contribution in [-0.2, 0) is 18.6 Å². The fourth-order valence-electron chi connectivity index (χ4n) is 3.36. The van der Waals surface area contributed by atoms with E-state index in [4.69, 9.17) is 30.4 Å². The molecule has 0 aromatic carbocycles. The van der Waals surface area contributed by atoms with E-state index in [9.17, 15) is 9.69 Å². The predicted octanol–water partition coefficient (Wildman–Crippen LogP) is -0.236. The summed E-state index contributed by atoms with van der Waals surface area (Å²) in [5.74, 6) is -1.30. The molecule has 6 atom stereocenters. The van der Waals surface area contributed by atoms with E-state index in [2.05, 4.69) is 20.0 Å². The van der Waals surface area contributed by atoms with E-state index in [-0.39, 0.29) is 29.5 Å². The summed E-state index contributed by atoms with van der Waals surface area (Å²) in [4.78, 5) is 33.5.